The van der Waals surface area contributed by atoms with Gasteiger partial charge in [0.1, 0.15) is 23.8 Å². The Labute approximate surface area is 192 Å². The van der Waals surface area contributed by atoms with Crippen LogP contribution in [0.4, 0.5) is 16.6 Å². The van der Waals surface area contributed by atoms with E-state index in [1.807, 2.05) is 18.2 Å². The Morgan fingerprint density at radius 3 is 2.45 bits per heavy atom. The number of nitrogen functional groups attached to an aromatic ring is 1. The molecule has 174 valence electrons. The molecule has 33 heavy (non-hydrogen) atoms. The number of aromatic hydroxyl groups is 1. The van der Waals surface area contributed by atoms with Gasteiger partial charge in [-0.3, -0.25) is 5.32 Å². The number of ether oxygens (including phenoxy) is 3. The first-order valence-electron chi connectivity index (χ1n) is 10.3. The minimum absolute atomic E-state index is 0.0420. The van der Waals surface area contributed by atoms with E-state index in [2.05, 4.69) is 15.3 Å². The Bertz CT molecular complexity index is 1110. The summed E-state index contributed by atoms with van der Waals surface area (Å²) in [5, 5.41) is 12.0. The minimum atomic E-state index is -0.647. The van der Waals surface area contributed by atoms with E-state index in [4.69, 9.17) is 19.9 Å². The van der Waals surface area contributed by atoms with Crippen molar-refractivity contribution in [1.82, 2.24) is 9.97 Å². The van der Waals surface area contributed by atoms with Crippen molar-refractivity contribution in [3.05, 3.63) is 65.4 Å². The molecule has 0 saturated carbocycles. The van der Waals surface area contributed by atoms with Crippen molar-refractivity contribution in [1.29, 1.82) is 0 Å². The number of phenols is 1. The van der Waals surface area contributed by atoms with Crippen LogP contribution >= 0.6 is 0 Å². The minimum Gasteiger partial charge on any atom is -0.508 e. The maximum atomic E-state index is 12.2. The van der Waals surface area contributed by atoms with E-state index in [9.17, 15) is 9.90 Å². The van der Waals surface area contributed by atoms with E-state index >= 15 is 0 Å². The van der Waals surface area contributed by atoms with Crippen molar-refractivity contribution in [2.24, 2.45) is 0 Å². The van der Waals surface area contributed by atoms with E-state index in [0.29, 0.717) is 30.1 Å². The van der Waals surface area contributed by atoms with Gasteiger partial charge >= 0.3 is 6.09 Å². The Hall–Kier alpha value is -4.01. The van der Waals surface area contributed by atoms with Gasteiger partial charge in [0, 0.05) is 18.2 Å². The number of aromatic nitrogens is 2. The lowest BCUT2D eigenvalue weighted by Crippen LogP contribution is -2.28. The van der Waals surface area contributed by atoms with E-state index in [1.165, 1.54) is 0 Å². The lowest BCUT2D eigenvalue weighted by Gasteiger charge is -2.20. The number of nitrogens with zero attached hydrogens (tertiary/aromatic N) is 2. The van der Waals surface area contributed by atoms with Crippen LogP contribution in [0.15, 0.2) is 48.7 Å². The third-order valence-electron chi connectivity index (χ3n) is 4.46. The van der Waals surface area contributed by atoms with Gasteiger partial charge in [-0.1, -0.05) is 18.2 Å². The molecule has 0 aliphatic heterocycles. The molecular formula is C24H28N4O5. The zero-order valence-corrected chi connectivity index (χ0v) is 19.1. The van der Waals surface area contributed by atoms with Gasteiger partial charge in [-0.05, 0) is 56.2 Å². The van der Waals surface area contributed by atoms with Gasteiger partial charge in [0.15, 0.2) is 11.5 Å². The van der Waals surface area contributed by atoms with Gasteiger partial charge < -0.3 is 25.1 Å². The standard InChI is InChI=1S/C24H28N4O5/c1-24(2,3)33-23(30)28-21-17(13-26-22(25)27-21)11-16-7-10-19(20(12-16)31-4)32-14-15-5-8-18(29)9-6-15/h5-10,12-13,29H,11,14H2,1-4H3,(H3,25,26,27,28,30). The lowest BCUT2D eigenvalue weighted by atomic mass is 10.1. The predicted molar refractivity (Wildman–Crippen MR) is 125 cm³/mol. The number of nitrogens with two attached hydrogens (primary N) is 1. The molecule has 4 N–H and O–H groups in total. The Morgan fingerprint density at radius 2 is 1.79 bits per heavy atom. The average Bonchev–Trinajstić information content (AvgIpc) is 2.74. The van der Waals surface area contributed by atoms with Crippen molar-refractivity contribution < 1.29 is 24.1 Å². The number of amides is 1. The van der Waals surface area contributed by atoms with Crippen LogP contribution in [0.3, 0.4) is 0 Å². The second kappa shape index (κ2) is 10.1. The van der Waals surface area contributed by atoms with Crippen LogP contribution in [0.5, 0.6) is 17.2 Å². The van der Waals surface area contributed by atoms with Crippen molar-refractivity contribution >= 4 is 17.9 Å². The van der Waals surface area contributed by atoms with Crippen LogP contribution in [0.2, 0.25) is 0 Å². The maximum absolute atomic E-state index is 12.2. The van der Waals surface area contributed by atoms with Gasteiger partial charge in [-0.25, -0.2) is 9.78 Å². The summed E-state index contributed by atoms with van der Waals surface area (Å²) in [7, 11) is 1.56. The van der Waals surface area contributed by atoms with Crippen LogP contribution in [-0.2, 0) is 17.8 Å². The number of rotatable bonds is 7. The Morgan fingerprint density at radius 1 is 1.09 bits per heavy atom. The van der Waals surface area contributed by atoms with Crippen LogP contribution in [0.25, 0.3) is 0 Å². The van der Waals surface area contributed by atoms with Crippen LogP contribution in [-0.4, -0.2) is 33.9 Å². The fourth-order valence-electron chi connectivity index (χ4n) is 2.97. The van der Waals surface area contributed by atoms with E-state index in [-0.39, 0.29) is 17.5 Å². The summed E-state index contributed by atoms with van der Waals surface area (Å²) in [6.07, 6.45) is 1.36. The van der Waals surface area contributed by atoms with Crippen molar-refractivity contribution in [2.75, 3.05) is 18.2 Å². The van der Waals surface area contributed by atoms with Crippen molar-refractivity contribution in [3.63, 3.8) is 0 Å². The first-order valence-corrected chi connectivity index (χ1v) is 10.3. The van der Waals surface area contributed by atoms with Crippen LogP contribution in [0, 0.1) is 0 Å². The first-order chi connectivity index (χ1) is 15.6. The molecular weight excluding hydrogens is 424 g/mol. The Balaban J connectivity index is 1.75. The largest absolute Gasteiger partial charge is 0.508 e. The van der Waals surface area contributed by atoms with E-state index < -0.39 is 11.7 Å². The molecule has 0 spiro atoms. The molecule has 1 amide bonds. The van der Waals surface area contributed by atoms with E-state index in [1.54, 1.807) is 58.3 Å². The molecule has 0 aliphatic carbocycles. The number of methoxy groups -OCH3 is 1. The lowest BCUT2D eigenvalue weighted by molar-refractivity contribution is 0.0635. The van der Waals surface area contributed by atoms with Gasteiger partial charge in [-0.2, -0.15) is 4.98 Å². The SMILES string of the molecule is COc1cc(Cc2cnc(N)nc2NC(=O)OC(C)(C)C)ccc1OCc1ccc(O)cc1. The highest BCUT2D eigenvalue weighted by molar-refractivity contribution is 5.84. The summed E-state index contributed by atoms with van der Waals surface area (Å²) in [6.45, 7) is 5.66. The number of carbonyl (C=O) groups is 1. The number of phenolic OH excluding ortho intramolecular Hbond substituents is 1. The van der Waals surface area contributed by atoms with Crippen molar-refractivity contribution in [2.45, 2.75) is 39.4 Å². The second-order valence-electron chi connectivity index (χ2n) is 8.35. The summed E-state index contributed by atoms with van der Waals surface area (Å²) in [5.41, 5.74) is 7.54. The molecule has 0 radical (unpaired) electrons. The third kappa shape index (κ3) is 6.99. The molecule has 0 atom stereocenters. The molecule has 0 saturated heterocycles. The second-order valence-corrected chi connectivity index (χ2v) is 8.35. The zero-order valence-electron chi connectivity index (χ0n) is 19.1. The Kier molecular flexibility index (Phi) is 7.22. The van der Waals surface area contributed by atoms with Gasteiger partial charge in [0.25, 0.3) is 0 Å². The highest BCUT2D eigenvalue weighted by Gasteiger charge is 2.19. The molecule has 0 unspecified atom stereocenters. The number of hydrogen-bond acceptors (Lipinski definition) is 8. The van der Waals surface area contributed by atoms with Crippen molar-refractivity contribution in [3.8, 4) is 17.2 Å². The smallest absolute Gasteiger partial charge is 0.413 e. The summed E-state index contributed by atoms with van der Waals surface area (Å²) in [6, 6.07) is 12.3. The molecule has 1 heterocycles. The predicted octanol–water partition coefficient (Wildman–Crippen LogP) is 4.29. The normalized spacial score (nSPS) is 11.0. The molecule has 0 bridgehead atoms. The third-order valence-corrected chi connectivity index (χ3v) is 4.46. The number of benzene rings is 2. The monoisotopic (exact) mass is 452 g/mol. The summed E-state index contributed by atoms with van der Waals surface area (Å²) < 4.78 is 16.7. The van der Waals surface area contributed by atoms with Crippen LogP contribution < -0.4 is 20.5 Å². The van der Waals surface area contributed by atoms with Gasteiger partial charge in [0.2, 0.25) is 5.95 Å². The highest BCUT2D eigenvalue weighted by Crippen LogP contribution is 2.30. The fraction of sp³-hybridized carbons (Fsp3) is 0.292. The number of nitrogens with one attached hydrogen (secondary N) is 1. The fourth-order valence-corrected chi connectivity index (χ4v) is 2.97. The summed E-state index contributed by atoms with van der Waals surface area (Å²) in [4.78, 5) is 20.4. The first kappa shape index (κ1) is 23.6. The molecule has 9 nitrogen and oxygen atoms in total. The quantitative estimate of drug-likeness (QED) is 0.484. The number of carbonyl (C=O) groups excluding carboxylic acids is 1. The molecule has 0 aliphatic rings. The van der Waals surface area contributed by atoms with Gasteiger partial charge in [0.05, 0.1) is 7.11 Å². The molecule has 2 aromatic carbocycles. The average molecular weight is 453 g/mol. The van der Waals surface area contributed by atoms with Crippen LogP contribution in [0.1, 0.15) is 37.5 Å². The topological polar surface area (TPSA) is 129 Å². The summed E-state index contributed by atoms with van der Waals surface area (Å²) >= 11 is 0. The maximum Gasteiger partial charge on any atom is 0.413 e. The molecule has 1 aromatic heterocycles. The summed E-state index contributed by atoms with van der Waals surface area (Å²) in [5.74, 6) is 1.66. The molecule has 3 rings (SSSR count). The number of hydrogen-bond donors (Lipinski definition) is 3. The zero-order chi connectivity index (χ0) is 24.0. The van der Waals surface area contributed by atoms with Gasteiger partial charge in [-0.15, -0.1) is 0 Å². The molecule has 9 heteroatoms. The number of anilines is 2. The molecule has 0 fully saturated rings. The van der Waals surface area contributed by atoms with E-state index in [0.717, 1.165) is 11.1 Å². The highest BCUT2D eigenvalue weighted by atomic mass is 16.6. The molecule has 3 aromatic rings.